The third kappa shape index (κ3) is 3.83. The monoisotopic (exact) mass is 492 g/mol. The van der Waals surface area contributed by atoms with E-state index in [0.717, 1.165) is 33.7 Å². The molecular weight excluding hydrogens is 473 g/mol. The van der Waals surface area contributed by atoms with Crippen molar-refractivity contribution in [3.05, 3.63) is 60.3 Å². The summed E-state index contributed by atoms with van der Waals surface area (Å²) in [7, 11) is -3.77. The highest BCUT2D eigenvalue weighted by molar-refractivity contribution is 7.92. The number of pyridine rings is 1. The summed E-state index contributed by atoms with van der Waals surface area (Å²) in [6, 6.07) is 9.03. The van der Waals surface area contributed by atoms with Gasteiger partial charge in [-0.05, 0) is 48.0 Å². The van der Waals surface area contributed by atoms with E-state index in [-0.39, 0.29) is 5.69 Å². The number of anilines is 2. The van der Waals surface area contributed by atoms with Gasteiger partial charge < -0.3 is 10.6 Å². The van der Waals surface area contributed by atoms with Crippen LogP contribution in [0.1, 0.15) is 18.4 Å². The Morgan fingerprint density at radius 2 is 1.76 bits per heavy atom. The molecule has 1 fully saturated rings. The first-order chi connectivity index (χ1) is 16.0. The zero-order chi connectivity index (χ0) is 24.8. The third-order valence-corrected chi connectivity index (χ3v) is 7.24. The molecule has 2 heterocycles. The van der Waals surface area contributed by atoms with Gasteiger partial charge in [-0.15, -0.1) is 0 Å². The van der Waals surface area contributed by atoms with Crippen molar-refractivity contribution >= 4 is 44.1 Å². The van der Waals surface area contributed by atoms with Crippen LogP contribution in [0.3, 0.4) is 0 Å². The fourth-order valence-corrected chi connectivity index (χ4v) is 4.65. The topological polar surface area (TPSA) is 108 Å². The molecule has 0 saturated carbocycles. The van der Waals surface area contributed by atoms with Gasteiger partial charge in [-0.25, -0.2) is 18.1 Å². The lowest BCUT2D eigenvalue weighted by atomic mass is 9.90. The summed E-state index contributed by atoms with van der Waals surface area (Å²) in [5.74, 6) is -1.07. The van der Waals surface area contributed by atoms with Crippen LogP contribution in [0.15, 0.2) is 59.6 Å². The van der Waals surface area contributed by atoms with Crippen molar-refractivity contribution in [1.82, 2.24) is 10.3 Å². The predicted molar refractivity (Wildman–Crippen MR) is 119 cm³/mol. The molecule has 1 aromatic heterocycles. The maximum Gasteiger partial charge on any atom is 0.501 e. The van der Waals surface area contributed by atoms with Crippen LogP contribution in [0.5, 0.6) is 0 Å². The normalized spacial score (nSPS) is 17.7. The first kappa shape index (κ1) is 23.5. The number of imide groups is 1. The molecule has 8 nitrogen and oxygen atoms in total. The number of nitrogens with one attached hydrogen (secondary N) is 2. The Bertz CT molecular complexity index is 1390. The van der Waals surface area contributed by atoms with E-state index in [0.29, 0.717) is 17.6 Å². The number of amides is 3. The predicted octanol–water partition coefficient (Wildman–Crippen LogP) is 3.80. The van der Waals surface area contributed by atoms with Crippen LogP contribution in [0.25, 0.3) is 10.9 Å². The lowest BCUT2D eigenvalue weighted by Crippen LogP contribution is -2.35. The molecule has 2 atom stereocenters. The second-order valence-corrected chi connectivity index (χ2v) is 9.66. The molecule has 178 valence electrons. The number of aromatic nitrogens is 1. The van der Waals surface area contributed by atoms with Gasteiger partial charge in [0.1, 0.15) is 6.04 Å². The highest BCUT2D eigenvalue weighted by Crippen LogP contribution is 2.34. The van der Waals surface area contributed by atoms with Gasteiger partial charge in [0.15, 0.2) is 0 Å². The van der Waals surface area contributed by atoms with Gasteiger partial charge in [-0.2, -0.15) is 13.2 Å². The van der Waals surface area contributed by atoms with Gasteiger partial charge in [-0.3, -0.25) is 9.78 Å². The van der Waals surface area contributed by atoms with E-state index in [1.807, 2.05) is 18.2 Å². The van der Waals surface area contributed by atoms with Gasteiger partial charge in [-0.1, -0.05) is 13.0 Å². The zero-order valence-electron chi connectivity index (χ0n) is 17.9. The minimum absolute atomic E-state index is 0.0448. The molecule has 12 heteroatoms. The lowest BCUT2D eigenvalue weighted by molar-refractivity contribution is -0.118. The van der Waals surface area contributed by atoms with E-state index in [4.69, 9.17) is 0 Å². The summed E-state index contributed by atoms with van der Waals surface area (Å²) in [4.78, 5) is 29.9. The van der Waals surface area contributed by atoms with Crippen molar-refractivity contribution in [1.29, 1.82) is 0 Å². The number of rotatable bonds is 5. The fraction of sp³-hybridized carbons (Fsp3) is 0.227. The van der Waals surface area contributed by atoms with Gasteiger partial charge >= 0.3 is 11.5 Å². The van der Waals surface area contributed by atoms with Gasteiger partial charge in [0.25, 0.3) is 15.7 Å². The number of fused-ring (bicyclic) bond motifs is 1. The number of carbonyl (C=O) groups is 2. The first-order valence-electron chi connectivity index (χ1n) is 10.1. The van der Waals surface area contributed by atoms with Crippen LogP contribution in [0.4, 0.5) is 29.3 Å². The standard InChI is InChI=1S/C22H19F3N4O4S/c1-12(16-9-10-27-18-11-13(26-2)3-8-17(16)18)19-20(30)29(21(31)28-19)14-4-6-15(7-5-14)34(32,33)22(23,24)25/h3-12,19,26H,1-2H3,(H,28,31). The molecule has 3 aromatic rings. The van der Waals surface area contributed by atoms with Crippen molar-refractivity contribution in [2.75, 3.05) is 17.3 Å². The minimum Gasteiger partial charge on any atom is -0.388 e. The molecule has 0 aliphatic carbocycles. The molecule has 1 saturated heterocycles. The smallest absolute Gasteiger partial charge is 0.388 e. The molecule has 0 spiro atoms. The molecule has 1 aliphatic heterocycles. The van der Waals surface area contributed by atoms with E-state index < -0.39 is 44.1 Å². The number of alkyl halides is 3. The highest BCUT2D eigenvalue weighted by Gasteiger charge is 2.47. The summed E-state index contributed by atoms with van der Waals surface area (Å²) >= 11 is 0. The maximum atomic E-state index is 13.1. The summed E-state index contributed by atoms with van der Waals surface area (Å²) in [6.07, 6.45) is 1.60. The summed E-state index contributed by atoms with van der Waals surface area (Å²) < 4.78 is 61.5. The second kappa shape index (κ2) is 8.28. The highest BCUT2D eigenvalue weighted by atomic mass is 32.2. The van der Waals surface area contributed by atoms with Crippen molar-refractivity contribution in [3.63, 3.8) is 0 Å². The van der Waals surface area contributed by atoms with Crippen molar-refractivity contribution in [2.45, 2.75) is 29.3 Å². The fourth-order valence-electron chi connectivity index (χ4n) is 3.89. The van der Waals surface area contributed by atoms with Crippen LogP contribution in [-0.2, 0) is 14.6 Å². The third-order valence-electron chi connectivity index (χ3n) is 5.73. The number of carbonyl (C=O) groups excluding carboxylic acids is 2. The number of sulfone groups is 1. The van der Waals surface area contributed by atoms with Crippen molar-refractivity contribution in [3.8, 4) is 0 Å². The largest absolute Gasteiger partial charge is 0.501 e. The van der Waals surface area contributed by atoms with Gasteiger partial charge in [0.05, 0.1) is 16.1 Å². The van der Waals surface area contributed by atoms with Crippen LogP contribution >= 0.6 is 0 Å². The van der Waals surface area contributed by atoms with E-state index in [1.165, 1.54) is 0 Å². The molecule has 1 aliphatic rings. The average Bonchev–Trinajstić information content (AvgIpc) is 3.10. The SMILES string of the molecule is CNc1ccc2c(C(C)C3NC(=O)N(c4ccc(S(=O)(=O)C(F)(F)F)cc4)C3=O)ccnc2c1. The molecule has 34 heavy (non-hydrogen) atoms. The number of nitrogens with zero attached hydrogens (tertiary/aromatic N) is 2. The van der Waals surface area contributed by atoms with Crippen molar-refractivity contribution < 1.29 is 31.2 Å². The van der Waals surface area contributed by atoms with E-state index in [2.05, 4.69) is 15.6 Å². The second-order valence-electron chi connectivity index (χ2n) is 7.71. The van der Waals surface area contributed by atoms with Gasteiger partial charge in [0, 0.05) is 30.2 Å². The maximum absolute atomic E-state index is 13.1. The summed E-state index contributed by atoms with van der Waals surface area (Å²) in [5.41, 5.74) is -3.17. The number of hydrogen-bond donors (Lipinski definition) is 2. The molecule has 4 rings (SSSR count). The Hall–Kier alpha value is -3.67. The summed E-state index contributed by atoms with van der Waals surface area (Å²) in [5, 5.41) is 6.44. The molecular formula is C22H19F3N4O4S. The molecule has 0 bridgehead atoms. The Balaban J connectivity index is 1.63. The van der Waals surface area contributed by atoms with E-state index in [9.17, 15) is 31.2 Å². The molecule has 2 unspecified atom stereocenters. The first-order valence-corrected chi connectivity index (χ1v) is 11.6. The Labute approximate surface area is 192 Å². The van der Waals surface area contributed by atoms with Crippen LogP contribution in [0.2, 0.25) is 0 Å². The van der Waals surface area contributed by atoms with Crippen LogP contribution in [0, 0.1) is 0 Å². The number of halogens is 3. The summed E-state index contributed by atoms with van der Waals surface area (Å²) in [6.45, 7) is 1.77. The van der Waals surface area contributed by atoms with E-state index in [1.54, 1.807) is 26.2 Å². The average molecular weight is 492 g/mol. The molecule has 2 aromatic carbocycles. The molecule has 2 N–H and O–H groups in total. The van der Waals surface area contributed by atoms with Crippen molar-refractivity contribution in [2.24, 2.45) is 0 Å². The number of urea groups is 1. The van der Waals surface area contributed by atoms with Crippen LogP contribution < -0.4 is 15.5 Å². The Morgan fingerprint density at radius 1 is 1.09 bits per heavy atom. The minimum atomic E-state index is -5.54. The Kier molecular flexibility index (Phi) is 5.72. The molecule has 3 amide bonds. The lowest BCUT2D eigenvalue weighted by Gasteiger charge is -2.20. The molecule has 0 radical (unpaired) electrons. The quantitative estimate of drug-likeness (QED) is 0.525. The van der Waals surface area contributed by atoms with E-state index >= 15 is 0 Å². The zero-order valence-corrected chi connectivity index (χ0v) is 18.7. The number of benzene rings is 2. The van der Waals surface area contributed by atoms with Crippen LogP contribution in [-0.4, -0.2) is 43.9 Å². The van der Waals surface area contributed by atoms with Gasteiger partial charge in [0.2, 0.25) is 0 Å². The Morgan fingerprint density at radius 3 is 2.38 bits per heavy atom. The number of hydrogen-bond acceptors (Lipinski definition) is 6.